The average molecular weight is 305 g/mol. The predicted molar refractivity (Wildman–Crippen MR) is 86.2 cm³/mol. The number of para-hydroxylation sites is 1. The quantitative estimate of drug-likeness (QED) is 0.680. The molecule has 0 radical (unpaired) electrons. The van der Waals surface area contributed by atoms with Gasteiger partial charge < -0.3 is 0 Å². The Morgan fingerprint density at radius 3 is 2.38 bits per heavy atom. The van der Waals surface area contributed by atoms with Gasteiger partial charge in [-0.2, -0.15) is 5.10 Å². The molecule has 0 atom stereocenters. The molecular weight excluding hydrogens is 284 g/mol. The molecule has 112 valence electrons. The lowest BCUT2D eigenvalue weighted by molar-refractivity contribution is 0.0905. The Kier molecular flexibility index (Phi) is 5.57. The number of Topliss-reactive ketones (excluding diaryl/α,β-unsaturated/α-hetero) is 1. The van der Waals surface area contributed by atoms with E-state index in [1.165, 1.54) is 0 Å². The summed E-state index contributed by atoms with van der Waals surface area (Å²) < 4.78 is 1.61. The van der Waals surface area contributed by atoms with Crippen molar-refractivity contribution in [2.24, 2.45) is 5.92 Å². The number of carbonyl (C=O) groups excluding carboxylic acids is 1. The van der Waals surface area contributed by atoms with Crippen molar-refractivity contribution in [2.75, 3.05) is 0 Å². The summed E-state index contributed by atoms with van der Waals surface area (Å²) in [7, 11) is 0. The van der Waals surface area contributed by atoms with Gasteiger partial charge in [-0.05, 0) is 25.0 Å². The van der Waals surface area contributed by atoms with E-state index in [0.717, 1.165) is 31.4 Å². The van der Waals surface area contributed by atoms with Crippen molar-refractivity contribution in [1.82, 2.24) is 9.78 Å². The van der Waals surface area contributed by atoms with Crippen LogP contribution in [0.15, 0.2) is 36.5 Å². The number of rotatable bonds is 7. The minimum absolute atomic E-state index is 0.0472. The summed E-state index contributed by atoms with van der Waals surface area (Å²) in [6.07, 6.45) is 5.40. The van der Waals surface area contributed by atoms with Crippen LogP contribution in [-0.4, -0.2) is 15.6 Å². The number of ketones is 1. The first-order valence-electron chi connectivity index (χ1n) is 7.52. The van der Waals surface area contributed by atoms with Gasteiger partial charge in [0.1, 0.15) is 5.15 Å². The van der Waals surface area contributed by atoms with Crippen LogP contribution in [0.25, 0.3) is 5.69 Å². The van der Waals surface area contributed by atoms with Crippen molar-refractivity contribution in [2.45, 2.75) is 39.5 Å². The second-order valence-electron chi connectivity index (χ2n) is 5.23. The van der Waals surface area contributed by atoms with Crippen molar-refractivity contribution < 1.29 is 4.79 Å². The second kappa shape index (κ2) is 7.41. The minimum Gasteiger partial charge on any atom is -0.294 e. The SMILES string of the molecule is CCCC(CCC)C(=O)c1cnn(-c2ccccc2)c1Cl. The van der Waals surface area contributed by atoms with E-state index in [2.05, 4.69) is 18.9 Å². The fraction of sp³-hybridized carbons (Fsp3) is 0.412. The van der Waals surface area contributed by atoms with E-state index in [0.29, 0.717) is 10.7 Å². The van der Waals surface area contributed by atoms with Crippen molar-refractivity contribution in [3.8, 4) is 5.69 Å². The summed E-state index contributed by atoms with van der Waals surface area (Å²) in [6.45, 7) is 4.20. The third-order valence-corrected chi connectivity index (χ3v) is 3.99. The van der Waals surface area contributed by atoms with Gasteiger partial charge in [0, 0.05) is 5.92 Å². The van der Waals surface area contributed by atoms with Crippen molar-refractivity contribution >= 4 is 17.4 Å². The molecule has 1 aromatic heterocycles. The molecule has 3 nitrogen and oxygen atoms in total. The van der Waals surface area contributed by atoms with E-state index < -0.39 is 0 Å². The average Bonchev–Trinajstić information content (AvgIpc) is 2.89. The number of benzene rings is 1. The lowest BCUT2D eigenvalue weighted by Crippen LogP contribution is -2.14. The van der Waals surface area contributed by atoms with E-state index in [1.54, 1.807) is 10.9 Å². The van der Waals surface area contributed by atoms with E-state index in [4.69, 9.17) is 11.6 Å². The Labute approximate surface area is 130 Å². The third kappa shape index (κ3) is 3.53. The highest BCUT2D eigenvalue weighted by Gasteiger charge is 2.23. The molecule has 0 spiro atoms. The van der Waals surface area contributed by atoms with Crippen LogP contribution in [0.2, 0.25) is 5.15 Å². The van der Waals surface area contributed by atoms with Gasteiger partial charge in [0.2, 0.25) is 0 Å². The highest BCUT2D eigenvalue weighted by molar-refractivity contribution is 6.33. The number of hydrogen-bond donors (Lipinski definition) is 0. The third-order valence-electron chi connectivity index (χ3n) is 3.62. The molecule has 0 aliphatic heterocycles. The monoisotopic (exact) mass is 304 g/mol. The molecule has 0 N–H and O–H groups in total. The Morgan fingerprint density at radius 2 is 1.81 bits per heavy atom. The molecule has 0 amide bonds. The fourth-order valence-corrected chi connectivity index (χ4v) is 2.85. The van der Waals surface area contributed by atoms with E-state index >= 15 is 0 Å². The molecule has 1 heterocycles. The normalized spacial score (nSPS) is 11.0. The topological polar surface area (TPSA) is 34.9 Å². The van der Waals surface area contributed by atoms with Crippen LogP contribution in [0.3, 0.4) is 0 Å². The van der Waals surface area contributed by atoms with Gasteiger partial charge in [0.15, 0.2) is 5.78 Å². The minimum atomic E-state index is 0.0472. The van der Waals surface area contributed by atoms with Crippen molar-refractivity contribution in [3.63, 3.8) is 0 Å². The zero-order valence-electron chi connectivity index (χ0n) is 12.6. The number of carbonyl (C=O) groups is 1. The Balaban J connectivity index is 2.29. The molecular formula is C17H21ClN2O. The van der Waals surface area contributed by atoms with Crippen LogP contribution < -0.4 is 0 Å². The molecule has 0 bridgehead atoms. The Morgan fingerprint density at radius 1 is 1.19 bits per heavy atom. The first kappa shape index (κ1) is 15.8. The largest absolute Gasteiger partial charge is 0.294 e. The van der Waals surface area contributed by atoms with Crippen molar-refractivity contribution in [3.05, 3.63) is 47.2 Å². The van der Waals surface area contributed by atoms with Gasteiger partial charge >= 0.3 is 0 Å². The predicted octanol–water partition coefficient (Wildman–Crippen LogP) is 4.92. The number of nitrogens with zero attached hydrogens (tertiary/aromatic N) is 2. The summed E-state index contributed by atoms with van der Waals surface area (Å²) in [5.41, 5.74) is 1.40. The number of aromatic nitrogens is 2. The van der Waals surface area contributed by atoms with Gasteiger partial charge in [-0.3, -0.25) is 4.79 Å². The molecule has 4 heteroatoms. The van der Waals surface area contributed by atoms with Crippen molar-refractivity contribution in [1.29, 1.82) is 0 Å². The molecule has 0 unspecified atom stereocenters. The molecule has 2 aromatic rings. The van der Waals surface area contributed by atoms with Gasteiger partial charge in [0.25, 0.3) is 0 Å². The van der Waals surface area contributed by atoms with E-state index in [9.17, 15) is 4.79 Å². The second-order valence-corrected chi connectivity index (χ2v) is 5.59. The molecule has 21 heavy (non-hydrogen) atoms. The molecule has 0 aliphatic carbocycles. The van der Waals surface area contributed by atoms with E-state index in [-0.39, 0.29) is 11.7 Å². The molecule has 0 saturated carbocycles. The maximum Gasteiger partial charge on any atom is 0.170 e. The van der Waals surface area contributed by atoms with Crippen LogP contribution in [-0.2, 0) is 0 Å². The zero-order chi connectivity index (χ0) is 15.2. The summed E-state index contributed by atoms with van der Waals surface area (Å²) in [4.78, 5) is 12.7. The smallest absolute Gasteiger partial charge is 0.170 e. The molecule has 1 aromatic carbocycles. The van der Waals surface area contributed by atoms with Crippen LogP contribution in [0, 0.1) is 5.92 Å². The lowest BCUT2D eigenvalue weighted by atomic mass is 9.91. The highest BCUT2D eigenvalue weighted by Crippen LogP contribution is 2.26. The van der Waals surface area contributed by atoms with Crippen LogP contribution >= 0.6 is 11.6 Å². The summed E-state index contributed by atoms with van der Waals surface area (Å²) in [6, 6.07) is 9.62. The summed E-state index contributed by atoms with van der Waals surface area (Å²) >= 11 is 6.38. The molecule has 2 rings (SSSR count). The van der Waals surface area contributed by atoms with Crippen LogP contribution in [0.4, 0.5) is 0 Å². The Hall–Kier alpha value is -1.61. The van der Waals surface area contributed by atoms with Gasteiger partial charge in [-0.15, -0.1) is 0 Å². The molecule has 0 aliphatic rings. The van der Waals surface area contributed by atoms with Crippen LogP contribution in [0.5, 0.6) is 0 Å². The summed E-state index contributed by atoms with van der Waals surface area (Å²) in [5, 5.41) is 4.68. The van der Waals surface area contributed by atoms with Gasteiger partial charge in [0.05, 0.1) is 17.4 Å². The number of halogens is 1. The maximum atomic E-state index is 12.7. The molecule has 0 saturated heterocycles. The molecule has 0 fully saturated rings. The van der Waals surface area contributed by atoms with Gasteiger partial charge in [-0.25, -0.2) is 4.68 Å². The standard InChI is InChI=1S/C17H21ClN2O/c1-3-8-13(9-4-2)16(21)15-12-19-20(17(15)18)14-10-6-5-7-11-14/h5-7,10-13H,3-4,8-9H2,1-2H3. The number of hydrogen-bond acceptors (Lipinski definition) is 2. The highest BCUT2D eigenvalue weighted by atomic mass is 35.5. The fourth-order valence-electron chi connectivity index (χ4n) is 2.57. The lowest BCUT2D eigenvalue weighted by Gasteiger charge is -2.13. The maximum absolute atomic E-state index is 12.7. The van der Waals surface area contributed by atoms with E-state index in [1.807, 2.05) is 30.3 Å². The first-order valence-corrected chi connectivity index (χ1v) is 7.90. The first-order chi connectivity index (χ1) is 10.2. The van der Waals surface area contributed by atoms with Gasteiger partial charge in [-0.1, -0.05) is 56.5 Å². The summed E-state index contributed by atoms with van der Waals surface area (Å²) in [5.74, 6) is 0.164. The van der Waals surface area contributed by atoms with Crippen LogP contribution in [0.1, 0.15) is 49.9 Å². The zero-order valence-corrected chi connectivity index (χ0v) is 13.3. The Bertz CT molecular complexity index is 586.